The number of fused-ring (bicyclic) bond motifs is 1. The molecule has 3 nitrogen and oxygen atoms in total. The molecule has 34 heavy (non-hydrogen) atoms. The van der Waals surface area contributed by atoms with Crippen molar-refractivity contribution in [3.63, 3.8) is 0 Å². The van der Waals surface area contributed by atoms with E-state index in [1.165, 1.54) is 44.5 Å². The van der Waals surface area contributed by atoms with Gasteiger partial charge in [-0.25, -0.2) is 0 Å². The Morgan fingerprint density at radius 2 is 1.50 bits per heavy atom. The van der Waals surface area contributed by atoms with Crippen LogP contribution in [0, 0.1) is 27.7 Å². The zero-order valence-corrected chi connectivity index (χ0v) is 21.5. The van der Waals surface area contributed by atoms with E-state index in [0.717, 1.165) is 31.9 Å². The number of benzene rings is 3. The van der Waals surface area contributed by atoms with E-state index in [0.29, 0.717) is 0 Å². The first-order valence-electron chi connectivity index (χ1n) is 12.7. The van der Waals surface area contributed by atoms with Gasteiger partial charge in [-0.15, -0.1) is 0 Å². The lowest BCUT2D eigenvalue weighted by Gasteiger charge is -2.38. The first kappa shape index (κ1) is 23.1. The highest BCUT2D eigenvalue weighted by atomic mass is 16.5. The van der Waals surface area contributed by atoms with Crippen LogP contribution in [0.3, 0.4) is 0 Å². The van der Waals surface area contributed by atoms with E-state index in [2.05, 4.69) is 106 Å². The Kier molecular flexibility index (Phi) is 6.03. The monoisotopic (exact) mass is 454 g/mol. The van der Waals surface area contributed by atoms with Crippen LogP contribution in [0.4, 0.5) is 0 Å². The van der Waals surface area contributed by atoms with Crippen LogP contribution in [0.15, 0.2) is 54.6 Å². The summed E-state index contributed by atoms with van der Waals surface area (Å²) in [6.45, 7) is 17.7. The minimum Gasteiger partial charge on any atom is -0.486 e. The summed E-state index contributed by atoms with van der Waals surface area (Å²) in [4.78, 5) is 2.66. The molecule has 1 N–H and O–H groups in total. The van der Waals surface area contributed by atoms with Gasteiger partial charge in [-0.3, -0.25) is 4.90 Å². The van der Waals surface area contributed by atoms with Crippen molar-refractivity contribution in [2.75, 3.05) is 26.2 Å². The zero-order valence-electron chi connectivity index (χ0n) is 21.5. The fourth-order valence-electron chi connectivity index (χ4n) is 6.19. The number of rotatable bonds is 4. The molecular weight excluding hydrogens is 416 g/mol. The van der Waals surface area contributed by atoms with Crippen molar-refractivity contribution < 1.29 is 4.74 Å². The summed E-state index contributed by atoms with van der Waals surface area (Å²) in [6, 6.07) is 20.4. The van der Waals surface area contributed by atoms with E-state index >= 15 is 0 Å². The molecule has 2 unspecified atom stereocenters. The van der Waals surface area contributed by atoms with Gasteiger partial charge in [-0.1, -0.05) is 60.2 Å². The Balaban J connectivity index is 1.74. The molecule has 1 fully saturated rings. The standard InChI is InChI=1S/C31H38N2O/c1-20-12-14-24(15-13-20)28-27-23(4)26(21(2)22(3)30(27)34-31(28,5)6)29(25-10-8-7-9-11-25)33-18-16-32-17-19-33/h7-15,28-29,32H,16-19H2,1-6H3. The van der Waals surface area contributed by atoms with Gasteiger partial charge < -0.3 is 10.1 Å². The van der Waals surface area contributed by atoms with Gasteiger partial charge in [0.1, 0.15) is 11.4 Å². The Hall–Kier alpha value is -2.62. The quantitative estimate of drug-likeness (QED) is 0.507. The van der Waals surface area contributed by atoms with Crippen LogP contribution >= 0.6 is 0 Å². The van der Waals surface area contributed by atoms with E-state index in [1.54, 1.807) is 0 Å². The predicted octanol–water partition coefficient (Wildman–Crippen LogP) is 6.22. The molecular formula is C31H38N2O. The second-order valence-electron chi connectivity index (χ2n) is 10.7. The van der Waals surface area contributed by atoms with Crippen LogP contribution in [-0.2, 0) is 0 Å². The molecule has 2 atom stereocenters. The molecule has 0 aliphatic carbocycles. The van der Waals surface area contributed by atoms with Crippen molar-refractivity contribution >= 4 is 0 Å². The minimum atomic E-state index is -0.296. The second kappa shape index (κ2) is 8.87. The van der Waals surface area contributed by atoms with E-state index in [4.69, 9.17) is 4.74 Å². The molecule has 1 saturated heterocycles. The number of hydrogen-bond acceptors (Lipinski definition) is 3. The Bertz CT molecular complexity index is 1170. The maximum atomic E-state index is 6.75. The van der Waals surface area contributed by atoms with Crippen molar-refractivity contribution in [3.8, 4) is 5.75 Å². The van der Waals surface area contributed by atoms with Crippen LogP contribution in [-0.4, -0.2) is 36.7 Å². The molecule has 0 aromatic heterocycles. The molecule has 3 heteroatoms. The lowest BCUT2D eigenvalue weighted by atomic mass is 9.76. The first-order valence-corrected chi connectivity index (χ1v) is 12.7. The predicted molar refractivity (Wildman–Crippen MR) is 141 cm³/mol. The average molecular weight is 455 g/mol. The lowest BCUT2D eigenvalue weighted by Crippen LogP contribution is -2.45. The number of nitrogens with one attached hydrogen (secondary N) is 1. The van der Waals surface area contributed by atoms with Crippen molar-refractivity contribution in [1.29, 1.82) is 0 Å². The molecule has 0 saturated carbocycles. The Morgan fingerprint density at radius 1 is 0.853 bits per heavy atom. The van der Waals surface area contributed by atoms with Gasteiger partial charge in [0.05, 0.1) is 12.0 Å². The molecule has 2 aliphatic heterocycles. The minimum absolute atomic E-state index is 0.209. The van der Waals surface area contributed by atoms with E-state index < -0.39 is 0 Å². The van der Waals surface area contributed by atoms with Gasteiger partial charge in [-0.2, -0.15) is 0 Å². The Labute approximate surface area is 205 Å². The molecule has 2 heterocycles. The molecule has 0 amide bonds. The van der Waals surface area contributed by atoms with Gasteiger partial charge in [0.15, 0.2) is 0 Å². The number of nitrogens with zero attached hydrogens (tertiary/aromatic N) is 1. The molecule has 0 bridgehead atoms. The third-order valence-electron chi connectivity index (χ3n) is 8.02. The largest absolute Gasteiger partial charge is 0.486 e. The third kappa shape index (κ3) is 3.85. The molecule has 3 aromatic carbocycles. The number of piperazine rings is 1. The Morgan fingerprint density at radius 3 is 2.15 bits per heavy atom. The van der Waals surface area contributed by atoms with Gasteiger partial charge in [0.25, 0.3) is 0 Å². The van der Waals surface area contributed by atoms with E-state index in [-0.39, 0.29) is 17.6 Å². The number of ether oxygens (including phenoxy) is 1. The molecule has 0 spiro atoms. The van der Waals surface area contributed by atoms with Crippen molar-refractivity contribution in [1.82, 2.24) is 10.2 Å². The summed E-state index contributed by atoms with van der Waals surface area (Å²) in [7, 11) is 0. The van der Waals surface area contributed by atoms with Gasteiger partial charge in [0, 0.05) is 31.7 Å². The molecule has 0 radical (unpaired) electrons. The van der Waals surface area contributed by atoms with Gasteiger partial charge in [0.2, 0.25) is 0 Å². The summed E-state index contributed by atoms with van der Waals surface area (Å²) in [6.07, 6.45) is 0. The third-order valence-corrected chi connectivity index (χ3v) is 8.02. The van der Waals surface area contributed by atoms with Crippen molar-refractivity contribution in [2.45, 2.75) is 59.1 Å². The van der Waals surface area contributed by atoms with Gasteiger partial charge >= 0.3 is 0 Å². The summed E-state index contributed by atoms with van der Waals surface area (Å²) < 4.78 is 6.75. The first-order chi connectivity index (χ1) is 16.3. The smallest absolute Gasteiger partial charge is 0.127 e. The molecule has 5 rings (SSSR count). The fourth-order valence-corrected chi connectivity index (χ4v) is 6.19. The maximum Gasteiger partial charge on any atom is 0.127 e. The highest BCUT2D eigenvalue weighted by molar-refractivity contribution is 5.63. The second-order valence-corrected chi connectivity index (χ2v) is 10.7. The zero-order chi connectivity index (χ0) is 24.0. The number of hydrogen-bond donors (Lipinski definition) is 1. The SMILES string of the molecule is Cc1ccc(C2c3c(C)c(C(c4ccccc4)N4CCNCC4)c(C)c(C)c3OC2(C)C)cc1. The number of aryl methyl sites for hydroxylation is 1. The van der Waals surface area contributed by atoms with Crippen LogP contribution in [0.25, 0.3) is 0 Å². The summed E-state index contributed by atoms with van der Waals surface area (Å²) in [5, 5.41) is 3.54. The average Bonchev–Trinajstić information content (AvgIpc) is 3.13. The summed E-state index contributed by atoms with van der Waals surface area (Å²) >= 11 is 0. The summed E-state index contributed by atoms with van der Waals surface area (Å²) in [5.41, 5.74) is 10.6. The maximum absolute atomic E-state index is 6.75. The van der Waals surface area contributed by atoms with Crippen LogP contribution in [0.5, 0.6) is 5.75 Å². The highest BCUT2D eigenvalue weighted by Gasteiger charge is 2.45. The lowest BCUT2D eigenvalue weighted by molar-refractivity contribution is 0.121. The normalized spacial score (nSPS) is 20.6. The van der Waals surface area contributed by atoms with Crippen molar-refractivity contribution in [3.05, 3.63) is 99.1 Å². The highest BCUT2D eigenvalue weighted by Crippen LogP contribution is 2.54. The van der Waals surface area contributed by atoms with Crippen LogP contribution < -0.4 is 10.1 Å². The van der Waals surface area contributed by atoms with Crippen LogP contribution in [0.1, 0.15) is 70.3 Å². The molecule has 178 valence electrons. The van der Waals surface area contributed by atoms with E-state index in [1.807, 2.05) is 0 Å². The van der Waals surface area contributed by atoms with E-state index in [9.17, 15) is 0 Å². The fraction of sp³-hybridized carbons (Fsp3) is 0.419. The summed E-state index contributed by atoms with van der Waals surface area (Å²) in [5.74, 6) is 1.31. The molecule has 2 aliphatic rings. The topological polar surface area (TPSA) is 24.5 Å². The molecule has 3 aromatic rings. The van der Waals surface area contributed by atoms with Crippen LogP contribution in [0.2, 0.25) is 0 Å². The van der Waals surface area contributed by atoms with Gasteiger partial charge in [-0.05, 0) is 74.9 Å². The van der Waals surface area contributed by atoms with Crippen molar-refractivity contribution in [2.24, 2.45) is 0 Å².